The van der Waals surface area contributed by atoms with E-state index in [2.05, 4.69) is 17.2 Å². The van der Waals surface area contributed by atoms with Gasteiger partial charge in [0.25, 0.3) is 0 Å². The Morgan fingerprint density at radius 3 is 2.44 bits per heavy atom. The minimum Gasteiger partial charge on any atom is -0.526 e. The quantitative estimate of drug-likeness (QED) is 0.574. The minimum atomic E-state index is 0. The average Bonchev–Trinajstić information content (AvgIpc) is 1.69. The predicted molar refractivity (Wildman–Crippen MR) is 26.6 cm³/mol. The monoisotopic (exact) mass is 418 g/mol. The van der Waals surface area contributed by atoms with Gasteiger partial charge in [0.2, 0.25) is 0 Å². The van der Waals surface area contributed by atoms with Crippen LogP contribution in [0.4, 0.5) is 0 Å². The normalized spacial score (nSPS) is 6.78. The summed E-state index contributed by atoms with van der Waals surface area (Å²) in [6.45, 7) is 1.91. The number of hydrogen-bond acceptors (Lipinski definition) is 1. The molecule has 1 radical (unpaired) electrons. The predicted octanol–water partition coefficient (Wildman–Crippen LogP) is 0.988. The summed E-state index contributed by atoms with van der Waals surface area (Å²) >= 11 is 0. The number of aryl methyl sites for hydroxylation is 1. The van der Waals surface area contributed by atoms with Crippen LogP contribution in [-0.4, -0.2) is 4.98 Å². The van der Waals surface area contributed by atoms with Crippen molar-refractivity contribution >= 4 is 0 Å². The van der Waals surface area contributed by atoms with E-state index in [4.69, 9.17) is 0 Å². The van der Waals surface area contributed by atoms with E-state index >= 15 is 0 Å². The first-order valence-corrected chi connectivity index (χ1v) is 2.10. The molecule has 0 fully saturated rings. The van der Waals surface area contributed by atoms with Gasteiger partial charge in [0.15, 0.2) is 0 Å². The van der Waals surface area contributed by atoms with Gasteiger partial charge in [0.05, 0.1) is 0 Å². The third-order valence-electron chi connectivity index (χ3n) is 0.681. The van der Waals surface area contributed by atoms with Crippen molar-refractivity contribution in [3.8, 4) is 0 Å². The Morgan fingerprint density at radius 2 is 2.22 bits per heavy atom. The van der Waals surface area contributed by atoms with Crippen LogP contribution in [0.3, 0.4) is 0 Å². The first kappa shape index (κ1) is 12.9. The van der Waals surface area contributed by atoms with Crippen LogP contribution in [0.15, 0.2) is 12.1 Å². The van der Waals surface area contributed by atoms with Crippen molar-refractivity contribution in [2.45, 2.75) is 6.92 Å². The standard InChI is InChI=1S/C6H5N.U.Y/c1-6-4-2-3-5-7-6;;/h3-4H,1H3;;/q-2;;. The first-order chi connectivity index (χ1) is 3.39. The van der Waals surface area contributed by atoms with E-state index in [-0.39, 0.29) is 63.8 Å². The molecule has 1 nitrogen and oxygen atoms in total. The Bertz CT molecular complexity index is 143. The van der Waals surface area contributed by atoms with Gasteiger partial charge in [0, 0.05) is 63.8 Å². The van der Waals surface area contributed by atoms with Crippen molar-refractivity contribution in [1.82, 2.24) is 4.98 Å². The van der Waals surface area contributed by atoms with E-state index in [9.17, 15) is 0 Å². The second kappa shape index (κ2) is 7.41. The molecule has 0 N–H and O–H groups in total. The molecule has 0 aliphatic carbocycles. The van der Waals surface area contributed by atoms with Crippen LogP contribution >= 0.6 is 0 Å². The maximum Gasteiger partial charge on any atom is 0 e. The molecule has 0 spiro atoms. The zero-order valence-corrected chi connectivity index (χ0v) is 12.2. The molecule has 0 saturated carbocycles. The third kappa shape index (κ3) is 5.74. The fourth-order valence-corrected chi connectivity index (χ4v) is 0.366. The van der Waals surface area contributed by atoms with Crippen LogP contribution in [0.25, 0.3) is 0 Å². The first-order valence-electron chi connectivity index (χ1n) is 2.10. The molecular weight excluding hydrogens is 413 g/mol. The van der Waals surface area contributed by atoms with Crippen molar-refractivity contribution < 1.29 is 63.8 Å². The maximum atomic E-state index is 3.82. The smallest absolute Gasteiger partial charge is 0 e. The summed E-state index contributed by atoms with van der Waals surface area (Å²) in [5.41, 5.74) is 0.961. The minimum absolute atomic E-state index is 0. The van der Waals surface area contributed by atoms with E-state index in [1.165, 1.54) is 0 Å². The van der Waals surface area contributed by atoms with Gasteiger partial charge in [-0.25, -0.2) is 0 Å². The Balaban J connectivity index is 0. The number of aromatic nitrogens is 1. The Labute approximate surface area is 104 Å². The molecule has 1 aromatic heterocycles. The Kier molecular flexibility index (Phi) is 10.7. The number of hydrogen-bond donors (Lipinski definition) is 0. The summed E-state index contributed by atoms with van der Waals surface area (Å²) in [6, 6.07) is 6.32. The van der Waals surface area contributed by atoms with Gasteiger partial charge in [-0.3, -0.25) is 18.3 Å². The van der Waals surface area contributed by atoms with Gasteiger partial charge in [0.1, 0.15) is 0 Å². The number of rotatable bonds is 0. The fraction of sp³-hybridized carbons (Fsp3) is 0.167. The molecule has 3 heteroatoms. The molecule has 0 bridgehead atoms. The summed E-state index contributed by atoms with van der Waals surface area (Å²) < 4.78 is 0. The SMILES string of the molecule is Cc1c[c-]c[c-]n1.[U].[Y]. The van der Waals surface area contributed by atoms with Gasteiger partial charge >= 0.3 is 0 Å². The fourth-order valence-electron chi connectivity index (χ4n) is 0.366. The Morgan fingerprint density at radius 1 is 1.56 bits per heavy atom. The molecule has 0 saturated heterocycles. The number of nitrogens with zero attached hydrogens (tertiary/aromatic N) is 1. The zero-order valence-electron chi connectivity index (χ0n) is 5.18. The molecule has 0 aliphatic rings. The molecule has 0 aromatic carbocycles. The summed E-state index contributed by atoms with van der Waals surface area (Å²) in [6.07, 6.45) is 2.66. The largest absolute Gasteiger partial charge is 0.526 e. The van der Waals surface area contributed by atoms with Crippen molar-refractivity contribution in [3.05, 3.63) is 30.1 Å². The van der Waals surface area contributed by atoms with Gasteiger partial charge in [-0.05, 0) is 0 Å². The summed E-state index contributed by atoms with van der Waals surface area (Å²) in [4.78, 5) is 3.82. The van der Waals surface area contributed by atoms with E-state index in [0.717, 1.165) is 5.69 Å². The van der Waals surface area contributed by atoms with E-state index in [0.29, 0.717) is 0 Å². The molecule has 1 aromatic rings. The van der Waals surface area contributed by atoms with Crippen LogP contribution in [0, 0.1) is 50.3 Å². The van der Waals surface area contributed by atoms with E-state index in [1.807, 2.05) is 13.0 Å². The van der Waals surface area contributed by atoms with Crippen LogP contribution < -0.4 is 0 Å². The van der Waals surface area contributed by atoms with Crippen molar-refractivity contribution in [2.24, 2.45) is 0 Å². The van der Waals surface area contributed by atoms with Crippen LogP contribution in [-0.2, 0) is 32.7 Å². The topological polar surface area (TPSA) is 12.9 Å². The second-order valence-corrected chi connectivity index (χ2v) is 1.34. The summed E-state index contributed by atoms with van der Waals surface area (Å²) in [5, 5.41) is 0. The Hall–Kier alpha value is 1.31. The molecule has 43 valence electrons. The van der Waals surface area contributed by atoms with Gasteiger partial charge in [-0.2, -0.15) is 5.69 Å². The second-order valence-electron chi connectivity index (χ2n) is 1.34. The molecule has 1 rings (SSSR count). The van der Waals surface area contributed by atoms with Gasteiger partial charge < -0.3 is 11.1 Å². The average molecular weight is 418 g/mol. The van der Waals surface area contributed by atoms with Crippen LogP contribution in [0.1, 0.15) is 5.69 Å². The van der Waals surface area contributed by atoms with Crippen molar-refractivity contribution in [3.63, 3.8) is 0 Å². The van der Waals surface area contributed by atoms with Crippen LogP contribution in [0.2, 0.25) is 0 Å². The van der Waals surface area contributed by atoms with E-state index in [1.54, 1.807) is 6.07 Å². The van der Waals surface area contributed by atoms with Crippen molar-refractivity contribution in [1.29, 1.82) is 0 Å². The molecule has 0 amide bonds. The van der Waals surface area contributed by atoms with Gasteiger partial charge in [-0.1, -0.05) is 0 Å². The molecular formula is C6H5NUY-2. The summed E-state index contributed by atoms with van der Waals surface area (Å²) in [5.74, 6) is 0. The molecule has 9 heavy (non-hydrogen) atoms. The van der Waals surface area contributed by atoms with E-state index < -0.39 is 0 Å². The van der Waals surface area contributed by atoms with Crippen molar-refractivity contribution in [2.75, 3.05) is 0 Å². The third-order valence-corrected chi connectivity index (χ3v) is 0.681. The summed E-state index contributed by atoms with van der Waals surface area (Å²) in [7, 11) is 0. The maximum absolute atomic E-state index is 3.82. The van der Waals surface area contributed by atoms with Crippen LogP contribution in [0.5, 0.6) is 0 Å². The van der Waals surface area contributed by atoms with Gasteiger partial charge in [-0.15, -0.1) is 6.92 Å². The zero-order chi connectivity index (χ0) is 5.11. The molecule has 1 heterocycles. The molecule has 0 atom stereocenters. The number of pyridine rings is 1. The molecule has 0 aliphatic heterocycles. The molecule has 0 unspecified atom stereocenters.